The molecule has 0 heterocycles. The number of halogens is 3. The fraction of sp³-hybridized carbons (Fsp3) is 0.281. The first kappa shape index (κ1) is 26.9. The number of carbonyl (C=O) groups excluding carboxylic acids is 1. The molecule has 0 spiro atoms. The topological polar surface area (TPSA) is 72.5 Å². The second-order valence-corrected chi connectivity index (χ2v) is 10.2. The minimum Gasteiger partial charge on any atom is -0.462 e. The number of ether oxygens (including phenoxy) is 1. The van der Waals surface area contributed by atoms with Crippen molar-refractivity contribution in [2.75, 3.05) is 13.2 Å². The minimum atomic E-state index is -4.40. The molecule has 1 aliphatic rings. The molecule has 202 valence electrons. The molecule has 0 unspecified atom stereocenters. The molecule has 5 rings (SSSR count). The number of fused-ring (bicyclic) bond motifs is 1. The van der Waals surface area contributed by atoms with Crippen LogP contribution < -0.4 is 5.73 Å². The zero-order chi connectivity index (χ0) is 27.7. The van der Waals surface area contributed by atoms with Crippen LogP contribution in [0.25, 0.3) is 33.0 Å². The maximum Gasteiger partial charge on any atom is 0.416 e. The molecule has 4 nitrogen and oxygen atoms in total. The van der Waals surface area contributed by atoms with E-state index in [1.54, 1.807) is 13.0 Å². The molecule has 0 amide bonds. The van der Waals surface area contributed by atoms with Gasteiger partial charge in [0.25, 0.3) is 0 Å². The molecule has 1 fully saturated rings. The van der Waals surface area contributed by atoms with Gasteiger partial charge in [-0.1, -0.05) is 48.5 Å². The number of aliphatic hydroxyl groups is 1. The molecule has 4 aromatic rings. The SMILES string of the molecule is CCOC(=O)c1cc(-c2ccc([C@H]3C[C@H](CO)C[C@@H]3N)cc2)c2ccc(-c3ccc(C(F)(F)F)cc3)cc2c1. The number of nitrogens with two attached hydrogens (primary N) is 1. The number of alkyl halides is 3. The van der Waals surface area contributed by atoms with Crippen molar-refractivity contribution in [3.8, 4) is 22.3 Å². The monoisotopic (exact) mass is 533 g/mol. The van der Waals surface area contributed by atoms with Gasteiger partial charge >= 0.3 is 12.1 Å². The van der Waals surface area contributed by atoms with Crippen molar-refractivity contribution < 1.29 is 27.8 Å². The lowest BCUT2D eigenvalue weighted by molar-refractivity contribution is -0.137. The lowest BCUT2D eigenvalue weighted by Crippen LogP contribution is -2.22. The summed E-state index contributed by atoms with van der Waals surface area (Å²) in [6.45, 7) is 2.13. The maximum absolute atomic E-state index is 13.0. The number of carbonyl (C=O) groups is 1. The number of aliphatic hydroxyl groups excluding tert-OH is 1. The number of rotatable bonds is 6. The van der Waals surface area contributed by atoms with Crippen molar-refractivity contribution in [1.82, 2.24) is 0 Å². The van der Waals surface area contributed by atoms with E-state index in [-0.39, 0.29) is 31.1 Å². The third-order valence-electron chi connectivity index (χ3n) is 7.63. The van der Waals surface area contributed by atoms with Crippen LogP contribution in [0.5, 0.6) is 0 Å². The fourth-order valence-electron chi connectivity index (χ4n) is 5.59. The molecule has 0 aliphatic heterocycles. The average molecular weight is 534 g/mol. The van der Waals surface area contributed by atoms with Crippen molar-refractivity contribution in [2.45, 2.75) is 37.9 Å². The van der Waals surface area contributed by atoms with Gasteiger partial charge in [0.2, 0.25) is 0 Å². The Hall–Kier alpha value is -3.68. The van der Waals surface area contributed by atoms with Crippen LogP contribution >= 0.6 is 0 Å². The molecule has 3 N–H and O–H groups in total. The molecule has 1 aliphatic carbocycles. The zero-order valence-corrected chi connectivity index (χ0v) is 21.5. The summed E-state index contributed by atoms with van der Waals surface area (Å²) in [5.41, 5.74) is 10.3. The highest BCUT2D eigenvalue weighted by Gasteiger charge is 2.32. The van der Waals surface area contributed by atoms with Crippen LogP contribution in [-0.4, -0.2) is 30.3 Å². The summed E-state index contributed by atoms with van der Waals surface area (Å²) >= 11 is 0. The first-order chi connectivity index (χ1) is 18.7. The van der Waals surface area contributed by atoms with E-state index in [0.717, 1.165) is 58.0 Å². The van der Waals surface area contributed by atoms with Crippen LogP contribution in [0, 0.1) is 5.92 Å². The quantitative estimate of drug-likeness (QED) is 0.258. The fourth-order valence-corrected chi connectivity index (χ4v) is 5.59. The van der Waals surface area contributed by atoms with Crippen LogP contribution in [0.15, 0.2) is 78.9 Å². The summed E-state index contributed by atoms with van der Waals surface area (Å²) < 4.78 is 44.3. The summed E-state index contributed by atoms with van der Waals surface area (Å²) in [5, 5.41) is 11.2. The largest absolute Gasteiger partial charge is 0.462 e. The highest BCUT2D eigenvalue weighted by molar-refractivity contribution is 6.04. The average Bonchev–Trinajstić information content (AvgIpc) is 3.32. The van der Waals surface area contributed by atoms with E-state index < -0.39 is 17.7 Å². The summed E-state index contributed by atoms with van der Waals surface area (Å²) in [6.07, 6.45) is -2.74. The summed E-state index contributed by atoms with van der Waals surface area (Å²) in [4.78, 5) is 12.7. The highest BCUT2D eigenvalue weighted by atomic mass is 19.4. The number of esters is 1. The van der Waals surface area contributed by atoms with Crippen LogP contribution in [0.2, 0.25) is 0 Å². The smallest absolute Gasteiger partial charge is 0.416 e. The number of hydrogen-bond acceptors (Lipinski definition) is 4. The van der Waals surface area contributed by atoms with Crippen molar-refractivity contribution in [1.29, 1.82) is 0 Å². The van der Waals surface area contributed by atoms with Gasteiger partial charge in [0.15, 0.2) is 0 Å². The van der Waals surface area contributed by atoms with Gasteiger partial charge in [-0.05, 0) is 101 Å². The van der Waals surface area contributed by atoms with Gasteiger partial charge in [0, 0.05) is 12.6 Å². The number of benzene rings is 4. The van der Waals surface area contributed by atoms with Crippen LogP contribution in [0.3, 0.4) is 0 Å². The Bertz CT molecular complexity index is 1480. The summed E-state index contributed by atoms with van der Waals surface area (Å²) in [7, 11) is 0. The lowest BCUT2D eigenvalue weighted by atomic mass is 9.90. The molecule has 0 bridgehead atoms. The Kier molecular flexibility index (Phi) is 7.47. The van der Waals surface area contributed by atoms with Gasteiger partial charge < -0.3 is 15.6 Å². The van der Waals surface area contributed by atoms with E-state index in [4.69, 9.17) is 10.5 Å². The minimum absolute atomic E-state index is 0.00425. The Labute approximate surface area is 225 Å². The molecule has 4 aromatic carbocycles. The van der Waals surface area contributed by atoms with Gasteiger partial charge in [-0.25, -0.2) is 4.79 Å². The van der Waals surface area contributed by atoms with Crippen molar-refractivity contribution in [2.24, 2.45) is 11.7 Å². The van der Waals surface area contributed by atoms with Gasteiger partial charge in [0.05, 0.1) is 17.7 Å². The molecular weight excluding hydrogens is 503 g/mol. The zero-order valence-electron chi connectivity index (χ0n) is 21.5. The first-order valence-electron chi connectivity index (χ1n) is 13.1. The molecule has 0 saturated heterocycles. The standard InChI is InChI=1S/C32H30F3NO3/c1-2-39-31(38)25-16-24-15-23(20-7-10-26(11-8-20)32(33,34)35)9-12-27(24)28(17-25)21-3-5-22(6-4-21)29-13-19(18-37)14-30(29)36/h3-12,15-17,19,29-30,37H,2,13-14,18,36H2,1H3/t19-,29+,30-/m0/s1. The van der Waals surface area contributed by atoms with E-state index in [2.05, 4.69) is 12.1 Å². The van der Waals surface area contributed by atoms with Gasteiger partial charge in [0.1, 0.15) is 0 Å². The van der Waals surface area contributed by atoms with E-state index in [1.807, 2.05) is 36.4 Å². The molecular formula is C32H30F3NO3. The molecule has 0 aromatic heterocycles. The first-order valence-corrected chi connectivity index (χ1v) is 13.1. The number of hydrogen-bond donors (Lipinski definition) is 2. The molecule has 39 heavy (non-hydrogen) atoms. The van der Waals surface area contributed by atoms with E-state index in [9.17, 15) is 23.1 Å². The lowest BCUT2D eigenvalue weighted by Gasteiger charge is -2.17. The van der Waals surface area contributed by atoms with Crippen molar-refractivity contribution in [3.63, 3.8) is 0 Å². The predicted molar refractivity (Wildman–Crippen MR) is 146 cm³/mol. The van der Waals surface area contributed by atoms with Crippen molar-refractivity contribution in [3.05, 3.63) is 95.6 Å². The van der Waals surface area contributed by atoms with Crippen LogP contribution in [0.1, 0.15) is 47.2 Å². The second-order valence-electron chi connectivity index (χ2n) is 10.2. The molecule has 0 radical (unpaired) electrons. The van der Waals surface area contributed by atoms with Gasteiger partial charge in [-0.15, -0.1) is 0 Å². The summed E-state index contributed by atoms with van der Waals surface area (Å²) in [5.74, 6) is -0.0389. The molecule has 7 heteroatoms. The third-order valence-corrected chi connectivity index (χ3v) is 7.63. The second kappa shape index (κ2) is 10.8. The predicted octanol–water partition coefficient (Wildman–Crippen LogP) is 7.18. The maximum atomic E-state index is 13.0. The molecule has 3 atom stereocenters. The highest BCUT2D eigenvalue weighted by Crippen LogP contribution is 2.39. The van der Waals surface area contributed by atoms with Gasteiger partial charge in [-0.3, -0.25) is 0 Å². The van der Waals surface area contributed by atoms with E-state index in [0.29, 0.717) is 11.1 Å². The Morgan fingerprint density at radius 2 is 1.59 bits per heavy atom. The van der Waals surface area contributed by atoms with Crippen LogP contribution in [-0.2, 0) is 10.9 Å². The summed E-state index contributed by atoms with van der Waals surface area (Å²) in [6, 6.07) is 22.4. The van der Waals surface area contributed by atoms with Crippen LogP contribution in [0.4, 0.5) is 13.2 Å². The third kappa shape index (κ3) is 5.56. The Morgan fingerprint density at radius 3 is 2.21 bits per heavy atom. The molecule has 1 saturated carbocycles. The van der Waals surface area contributed by atoms with E-state index in [1.165, 1.54) is 12.1 Å². The van der Waals surface area contributed by atoms with E-state index >= 15 is 0 Å². The van der Waals surface area contributed by atoms with Crippen molar-refractivity contribution >= 4 is 16.7 Å². The normalized spacial score (nSPS) is 19.4. The Balaban J connectivity index is 1.55. The Morgan fingerprint density at radius 1 is 0.923 bits per heavy atom. The van der Waals surface area contributed by atoms with Gasteiger partial charge in [-0.2, -0.15) is 13.2 Å².